The van der Waals surface area contributed by atoms with Crippen molar-refractivity contribution in [3.63, 3.8) is 0 Å². The zero-order valence-corrected chi connectivity index (χ0v) is 8.29. The molecule has 3 heteroatoms. The smallest absolute Gasteiger partial charge is 0.237 e. The fourth-order valence-corrected chi connectivity index (χ4v) is 1.35. The second kappa shape index (κ2) is 4.27. The molecule has 1 aliphatic rings. The number of carbonyl (C=O) groups excluding carboxylic acids is 1. The summed E-state index contributed by atoms with van der Waals surface area (Å²) in [6.07, 6.45) is 2.50. The van der Waals surface area contributed by atoms with Gasteiger partial charge in [-0.3, -0.25) is 4.79 Å². The highest BCUT2D eigenvalue weighted by atomic mass is 16.2. The Bertz CT molecular complexity index is 226. The van der Waals surface area contributed by atoms with E-state index >= 15 is 0 Å². The van der Waals surface area contributed by atoms with E-state index in [1.807, 2.05) is 24.8 Å². The highest BCUT2D eigenvalue weighted by Crippen LogP contribution is 2.30. The van der Waals surface area contributed by atoms with Gasteiger partial charge in [0.2, 0.25) is 5.91 Å². The van der Waals surface area contributed by atoms with E-state index in [2.05, 4.69) is 0 Å². The Morgan fingerprint density at radius 1 is 1.62 bits per heavy atom. The first kappa shape index (κ1) is 10.0. The fourth-order valence-electron chi connectivity index (χ4n) is 1.35. The van der Waals surface area contributed by atoms with Crippen molar-refractivity contribution in [2.24, 2.45) is 5.92 Å². The zero-order chi connectivity index (χ0) is 9.84. The first-order chi connectivity index (χ1) is 6.15. The molecule has 1 fully saturated rings. The van der Waals surface area contributed by atoms with E-state index in [0.717, 1.165) is 6.54 Å². The first-order valence-electron chi connectivity index (χ1n) is 4.81. The Hall–Kier alpha value is -1.04. The molecule has 0 aromatic carbocycles. The molecule has 72 valence electrons. The van der Waals surface area contributed by atoms with Crippen LogP contribution >= 0.6 is 0 Å². The number of nitrogens with zero attached hydrogens (tertiary/aromatic N) is 2. The number of carbonyl (C=O) groups is 1. The number of hydrogen-bond donors (Lipinski definition) is 0. The molecule has 1 saturated carbocycles. The molecular weight excluding hydrogens is 164 g/mol. The Labute approximate surface area is 79.3 Å². The van der Waals surface area contributed by atoms with Crippen LogP contribution in [0.1, 0.15) is 33.1 Å². The van der Waals surface area contributed by atoms with E-state index in [-0.39, 0.29) is 18.4 Å². The molecule has 1 rings (SSSR count). The van der Waals surface area contributed by atoms with Gasteiger partial charge < -0.3 is 4.90 Å². The van der Waals surface area contributed by atoms with Gasteiger partial charge in [0.15, 0.2) is 0 Å². The topological polar surface area (TPSA) is 44.1 Å². The van der Waals surface area contributed by atoms with Gasteiger partial charge >= 0.3 is 0 Å². The molecule has 0 aromatic heterocycles. The van der Waals surface area contributed by atoms with Crippen molar-refractivity contribution >= 4 is 5.91 Å². The normalized spacial score (nSPS) is 15.5. The zero-order valence-electron chi connectivity index (χ0n) is 8.29. The van der Waals surface area contributed by atoms with E-state index in [1.165, 1.54) is 12.8 Å². The maximum absolute atomic E-state index is 11.5. The van der Waals surface area contributed by atoms with Crippen LogP contribution in [0.4, 0.5) is 0 Å². The molecule has 0 radical (unpaired) electrons. The molecule has 0 bridgehead atoms. The molecule has 0 aromatic rings. The van der Waals surface area contributed by atoms with Crippen molar-refractivity contribution in [3.05, 3.63) is 0 Å². The van der Waals surface area contributed by atoms with Crippen LogP contribution in [0.15, 0.2) is 0 Å². The highest BCUT2D eigenvalue weighted by Gasteiger charge is 2.27. The van der Waals surface area contributed by atoms with Crippen LogP contribution in [0.5, 0.6) is 0 Å². The molecular formula is C10H16N2O. The van der Waals surface area contributed by atoms with Gasteiger partial charge in [0.05, 0.1) is 6.07 Å². The Morgan fingerprint density at radius 3 is 2.62 bits per heavy atom. The minimum absolute atomic E-state index is 0.0187. The number of nitriles is 1. The van der Waals surface area contributed by atoms with E-state index in [1.54, 1.807) is 0 Å². The van der Waals surface area contributed by atoms with Crippen LogP contribution in [0.25, 0.3) is 0 Å². The Morgan fingerprint density at radius 2 is 2.23 bits per heavy atom. The summed E-state index contributed by atoms with van der Waals surface area (Å²) in [5, 5.41) is 8.42. The second-order valence-electron chi connectivity index (χ2n) is 3.92. The van der Waals surface area contributed by atoms with Gasteiger partial charge in [-0.2, -0.15) is 5.26 Å². The van der Waals surface area contributed by atoms with Gasteiger partial charge in [-0.1, -0.05) is 0 Å². The molecule has 1 aliphatic carbocycles. The van der Waals surface area contributed by atoms with E-state index in [0.29, 0.717) is 5.92 Å². The van der Waals surface area contributed by atoms with E-state index in [9.17, 15) is 4.79 Å². The van der Waals surface area contributed by atoms with Gasteiger partial charge in [-0.25, -0.2) is 0 Å². The number of rotatable bonds is 4. The number of hydrogen-bond acceptors (Lipinski definition) is 2. The van der Waals surface area contributed by atoms with Crippen molar-refractivity contribution < 1.29 is 4.79 Å². The molecule has 0 atom stereocenters. The Kier molecular flexibility index (Phi) is 3.30. The predicted octanol–water partition coefficient (Wildman–Crippen LogP) is 1.55. The van der Waals surface area contributed by atoms with Crippen LogP contribution in [0.2, 0.25) is 0 Å². The highest BCUT2D eigenvalue weighted by molar-refractivity contribution is 5.78. The van der Waals surface area contributed by atoms with Crippen molar-refractivity contribution in [2.45, 2.75) is 39.2 Å². The summed E-state index contributed by atoms with van der Waals surface area (Å²) in [5.74, 6) is 0.675. The molecule has 0 spiro atoms. The van der Waals surface area contributed by atoms with Crippen molar-refractivity contribution in [3.8, 4) is 6.07 Å². The maximum atomic E-state index is 11.5. The monoisotopic (exact) mass is 180 g/mol. The summed E-state index contributed by atoms with van der Waals surface area (Å²) in [6, 6.07) is 2.13. The minimum atomic E-state index is -0.0237. The van der Waals surface area contributed by atoms with Crippen LogP contribution in [-0.4, -0.2) is 23.4 Å². The summed E-state index contributed by atoms with van der Waals surface area (Å²) >= 11 is 0. The minimum Gasteiger partial charge on any atom is -0.339 e. The van der Waals surface area contributed by atoms with Gasteiger partial charge in [-0.05, 0) is 32.6 Å². The van der Waals surface area contributed by atoms with Crippen molar-refractivity contribution in [2.75, 3.05) is 6.54 Å². The molecule has 0 heterocycles. The third-order valence-electron chi connectivity index (χ3n) is 2.33. The molecule has 0 unspecified atom stereocenters. The standard InChI is InChI=1S/C10H16N2O/c1-8(2)12(7-9-3-4-9)10(13)5-6-11/h8-9H,3-5,7H2,1-2H3. The molecule has 0 aliphatic heterocycles. The molecule has 0 saturated heterocycles. The van der Waals surface area contributed by atoms with Gasteiger partial charge in [0, 0.05) is 12.6 Å². The van der Waals surface area contributed by atoms with Gasteiger partial charge in [-0.15, -0.1) is 0 Å². The lowest BCUT2D eigenvalue weighted by Gasteiger charge is -2.25. The SMILES string of the molecule is CC(C)N(CC1CC1)C(=O)CC#N. The third kappa shape index (κ3) is 3.06. The van der Waals surface area contributed by atoms with Crippen molar-refractivity contribution in [1.82, 2.24) is 4.90 Å². The van der Waals surface area contributed by atoms with Gasteiger partial charge in [0.1, 0.15) is 6.42 Å². The van der Waals surface area contributed by atoms with Gasteiger partial charge in [0.25, 0.3) is 0 Å². The molecule has 0 N–H and O–H groups in total. The van der Waals surface area contributed by atoms with Crippen LogP contribution < -0.4 is 0 Å². The lowest BCUT2D eigenvalue weighted by atomic mass is 10.2. The quantitative estimate of drug-likeness (QED) is 0.658. The maximum Gasteiger partial charge on any atom is 0.237 e. The predicted molar refractivity (Wildman–Crippen MR) is 49.8 cm³/mol. The second-order valence-corrected chi connectivity index (χ2v) is 3.92. The molecule has 3 nitrogen and oxygen atoms in total. The fraction of sp³-hybridized carbons (Fsp3) is 0.800. The third-order valence-corrected chi connectivity index (χ3v) is 2.33. The summed E-state index contributed by atoms with van der Waals surface area (Å²) in [4.78, 5) is 13.3. The average molecular weight is 180 g/mol. The van der Waals surface area contributed by atoms with Crippen LogP contribution in [0, 0.1) is 17.2 Å². The largest absolute Gasteiger partial charge is 0.339 e. The number of amides is 1. The van der Waals surface area contributed by atoms with E-state index in [4.69, 9.17) is 5.26 Å². The van der Waals surface area contributed by atoms with Crippen molar-refractivity contribution in [1.29, 1.82) is 5.26 Å². The molecule has 13 heavy (non-hydrogen) atoms. The summed E-state index contributed by atoms with van der Waals surface area (Å²) in [7, 11) is 0. The summed E-state index contributed by atoms with van der Waals surface area (Å²) < 4.78 is 0. The van der Waals surface area contributed by atoms with Crippen LogP contribution in [0.3, 0.4) is 0 Å². The lowest BCUT2D eigenvalue weighted by molar-refractivity contribution is -0.132. The Balaban J connectivity index is 2.45. The summed E-state index contributed by atoms with van der Waals surface area (Å²) in [6.45, 7) is 4.84. The average Bonchev–Trinajstić information content (AvgIpc) is 2.83. The first-order valence-corrected chi connectivity index (χ1v) is 4.81. The van der Waals surface area contributed by atoms with E-state index < -0.39 is 0 Å². The summed E-state index contributed by atoms with van der Waals surface area (Å²) in [5.41, 5.74) is 0. The van der Waals surface area contributed by atoms with Crippen LogP contribution in [-0.2, 0) is 4.79 Å². The molecule has 1 amide bonds. The lowest BCUT2D eigenvalue weighted by Crippen LogP contribution is -2.38.